The Morgan fingerprint density at radius 2 is 1.68 bits per heavy atom. The van der Waals surface area contributed by atoms with Gasteiger partial charge in [-0.3, -0.25) is 0 Å². The fraction of sp³-hybridized carbons (Fsp3) is 0.250. The number of ether oxygens (including phenoxy) is 1. The average molecular weight is 321 g/mol. The minimum absolute atomic E-state index is 0.0242. The van der Waals surface area contributed by atoms with Gasteiger partial charge in [0, 0.05) is 13.6 Å². The van der Waals surface area contributed by atoms with Crippen molar-refractivity contribution in [2.45, 2.75) is 11.0 Å². The lowest BCUT2D eigenvalue weighted by molar-refractivity contribution is 0.155. The Morgan fingerprint density at radius 3 is 2.23 bits per heavy atom. The quantitative estimate of drug-likeness (QED) is 0.884. The number of aliphatic hydroxyl groups excluding tert-OH is 1. The van der Waals surface area contributed by atoms with E-state index in [0.717, 1.165) is 4.31 Å². The molecular weight excluding hydrogens is 302 g/mol. The van der Waals surface area contributed by atoms with Crippen molar-refractivity contribution < 1.29 is 18.3 Å². The lowest BCUT2D eigenvalue weighted by Crippen LogP contribution is -2.31. The second-order valence-electron chi connectivity index (χ2n) is 4.89. The average Bonchev–Trinajstić information content (AvgIpc) is 2.55. The minimum atomic E-state index is -3.61. The topological polar surface area (TPSA) is 66.8 Å². The normalized spacial score (nSPS) is 13.1. The Kier molecular flexibility index (Phi) is 5.18. The minimum Gasteiger partial charge on any atom is -0.497 e. The number of hydrogen-bond donors (Lipinski definition) is 1. The predicted molar refractivity (Wildman–Crippen MR) is 84.2 cm³/mol. The summed E-state index contributed by atoms with van der Waals surface area (Å²) in [6.07, 6.45) is -0.908. The van der Waals surface area contributed by atoms with E-state index in [2.05, 4.69) is 0 Å². The molecule has 1 atom stereocenters. The van der Waals surface area contributed by atoms with Gasteiger partial charge in [0.2, 0.25) is 10.0 Å². The first-order valence-electron chi connectivity index (χ1n) is 6.78. The van der Waals surface area contributed by atoms with Crippen molar-refractivity contribution in [2.24, 2.45) is 0 Å². The first-order valence-corrected chi connectivity index (χ1v) is 8.22. The molecule has 1 N–H and O–H groups in total. The zero-order chi connectivity index (χ0) is 16.2. The van der Waals surface area contributed by atoms with Crippen LogP contribution >= 0.6 is 0 Å². The Morgan fingerprint density at radius 1 is 1.09 bits per heavy atom. The van der Waals surface area contributed by atoms with Crippen molar-refractivity contribution >= 4 is 10.0 Å². The number of aliphatic hydroxyl groups is 1. The lowest BCUT2D eigenvalue weighted by atomic mass is 10.1. The van der Waals surface area contributed by atoms with Gasteiger partial charge in [-0.1, -0.05) is 30.3 Å². The van der Waals surface area contributed by atoms with Crippen LogP contribution < -0.4 is 4.74 Å². The van der Waals surface area contributed by atoms with Crippen molar-refractivity contribution in [3.8, 4) is 5.75 Å². The van der Waals surface area contributed by atoms with E-state index in [9.17, 15) is 13.5 Å². The first-order chi connectivity index (χ1) is 10.4. The van der Waals surface area contributed by atoms with Crippen LogP contribution in [0.2, 0.25) is 0 Å². The van der Waals surface area contributed by atoms with Crippen LogP contribution in [-0.4, -0.2) is 38.5 Å². The van der Waals surface area contributed by atoms with E-state index in [1.807, 2.05) is 0 Å². The number of rotatable bonds is 6. The van der Waals surface area contributed by atoms with E-state index in [4.69, 9.17) is 4.74 Å². The molecule has 2 aromatic carbocycles. The van der Waals surface area contributed by atoms with Crippen LogP contribution in [0.4, 0.5) is 0 Å². The number of sulfonamides is 1. The standard InChI is InChI=1S/C16H19NO4S/c1-17(22(19,20)15-6-4-3-5-7-15)12-16(18)13-8-10-14(21-2)11-9-13/h3-11,16,18H,12H2,1-2H3. The molecule has 0 aliphatic carbocycles. The van der Waals surface area contributed by atoms with Crippen LogP contribution in [0.5, 0.6) is 5.75 Å². The SMILES string of the molecule is COc1ccc(C(O)CN(C)S(=O)(=O)c2ccccc2)cc1. The van der Waals surface area contributed by atoms with Gasteiger partial charge in [-0.05, 0) is 29.8 Å². The van der Waals surface area contributed by atoms with Gasteiger partial charge in [0.15, 0.2) is 0 Å². The second-order valence-corrected chi connectivity index (χ2v) is 6.93. The van der Waals surface area contributed by atoms with Crippen LogP contribution in [0.3, 0.4) is 0 Å². The monoisotopic (exact) mass is 321 g/mol. The Labute approximate surface area is 130 Å². The number of nitrogens with zero attached hydrogens (tertiary/aromatic N) is 1. The third-order valence-electron chi connectivity index (χ3n) is 3.38. The second kappa shape index (κ2) is 6.91. The molecule has 118 valence electrons. The van der Waals surface area contributed by atoms with Gasteiger partial charge in [0.05, 0.1) is 18.1 Å². The van der Waals surface area contributed by atoms with Gasteiger partial charge < -0.3 is 9.84 Å². The third-order valence-corrected chi connectivity index (χ3v) is 5.22. The van der Waals surface area contributed by atoms with Gasteiger partial charge >= 0.3 is 0 Å². The van der Waals surface area contributed by atoms with Gasteiger partial charge in [0.1, 0.15) is 5.75 Å². The summed E-state index contributed by atoms with van der Waals surface area (Å²) in [5.74, 6) is 0.682. The lowest BCUT2D eigenvalue weighted by Gasteiger charge is -2.21. The summed E-state index contributed by atoms with van der Waals surface area (Å²) in [6.45, 7) is -0.0242. The summed E-state index contributed by atoms with van der Waals surface area (Å²) >= 11 is 0. The van der Waals surface area contributed by atoms with Crippen molar-refractivity contribution in [3.63, 3.8) is 0 Å². The molecule has 0 aromatic heterocycles. The molecule has 0 saturated heterocycles. The van der Waals surface area contributed by atoms with Crippen LogP contribution in [0.15, 0.2) is 59.5 Å². The molecule has 0 bridgehead atoms. The van der Waals surface area contributed by atoms with Gasteiger partial charge in [-0.25, -0.2) is 8.42 Å². The molecule has 0 amide bonds. The largest absolute Gasteiger partial charge is 0.497 e. The number of likely N-dealkylation sites (N-methyl/N-ethyl adjacent to an activating group) is 1. The molecule has 2 aromatic rings. The first kappa shape index (κ1) is 16.5. The van der Waals surface area contributed by atoms with Gasteiger partial charge in [-0.2, -0.15) is 4.31 Å². The molecule has 5 nitrogen and oxygen atoms in total. The molecule has 0 aliphatic rings. The van der Waals surface area contributed by atoms with E-state index < -0.39 is 16.1 Å². The summed E-state index contributed by atoms with van der Waals surface area (Å²) in [6, 6.07) is 15.0. The maximum atomic E-state index is 12.4. The molecule has 0 heterocycles. The molecule has 0 saturated carbocycles. The summed E-state index contributed by atoms with van der Waals surface area (Å²) in [4.78, 5) is 0.208. The molecule has 2 rings (SSSR count). The third kappa shape index (κ3) is 3.65. The van der Waals surface area contributed by atoms with Crippen molar-refractivity contribution in [1.82, 2.24) is 4.31 Å². The van der Waals surface area contributed by atoms with Crippen molar-refractivity contribution in [3.05, 3.63) is 60.2 Å². The van der Waals surface area contributed by atoms with E-state index in [1.54, 1.807) is 49.6 Å². The van der Waals surface area contributed by atoms with Crippen molar-refractivity contribution in [1.29, 1.82) is 0 Å². The molecule has 1 unspecified atom stereocenters. The maximum Gasteiger partial charge on any atom is 0.242 e. The molecule has 22 heavy (non-hydrogen) atoms. The molecule has 6 heteroatoms. The number of benzene rings is 2. The van der Waals surface area contributed by atoms with Crippen LogP contribution in [-0.2, 0) is 10.0 Å². The van der Waals surface area contributed by atoms with E-state index in [-0.39, 0.29) is 11.4 Å². The summed E-state index contributed by atoms with van der Waals surface area (Å²) in [5.41, 5.74) is 0.635. The fourth-order valence-corrected chi connectivity index (χ4v) is 3.24. The summed E-state index contributed by atoms with van der Waals surface area (Å²) in [5, 5.41) is 10.2. The van der Waals surface area contributed by atoms with Gasteiger partial charge in [0.25, 0.3) is 0 Å². The van der Waals surface area contributed by atoms with Crippen LogP contribution in [0.25, 0.3) is 0 Å². The zero-order valence-electron chi connectivity index (χ0n) is 12.5. The number of hydrogen-bond acceptors (Lipinski definition) is 4. The molecule has 0 radical (unpaired) electrons. The molecular formula is C16H19NO4S. The maximum absolute atomic E-state index is 12.4. The van der Waals surface area contributed by atoms with Crippen LogP contribution in [0.1, 0.15) is 11.7 Å². The van der Waals surface area contributed by atoms with E-state index >= 15 is 0 Å². The predicted octanol–water partition coefficient (Wildman–Crippen LogP) is 2.05. The van der Waals surface area contributed by atoms with Gasteiger partial charge in [-0.15, -0.1) is 0 Å². The highest BCUT2D eigenvalue weighted by Gasteiger charge is 2.23. The van der Waals surface area contributed by atoms with E-state index in [1.165, 1.54) is 19.2 Å². The molecule has 0 spiro atoms. The highest BCUT2D eigenvalue weighted by atomic mass is 32.2. The highest BCUT2D eigenvalue weighted by molar-refractivity contribution is 7.89. The Balaban J connectivity index is 2.12. The van der Waals surface area contributed by atoms with Crippen LogP contribution in [0, 0.1) is 0 Å². The zero-order valence-corrected chi connectivity index (χ0v) is 13.3. The number of methoxy groups -OCH3 is 1. The summed E-state index contributed by atoms with van der Waals surface area (Å²) in [7, 11) is -0.592. The Hall–Kier alpha value is -1.89. The highest BCUT2D eigenvalue weighted by Crippen LogP contribution is 2.21. The Bertz CT molecular complexity index is 699. The fourth-order valence-electron chi connectivity index (χ4n) is 2.05. The molecule has 0 fully saturated rings. The summed E-state index contributed by atoms with van der Waals surface area (Å²) < 4.78 is 31.0. The van der Waals surface area contributed by atoms with E-state index in [0.29, 0.717) is 11.3 Å². The van der Waals surface area contributed by atoms with Crippen molar-refractivity contribution in [2.75, 3.05) is 20.7 Å². The molecule has 0 aliphatic heterocycles. The smallest absolute Gasteiger partial charge is 0.242 e.